The fraction of sp³-hybridized carbons (Fsp3) is 0.500. The zero-order valence-electron chi connectivity index (χ0n) is 14.4. The van der Waals surface area contributed by atoms with E-state index >= 15 is 0 Å². The Morgan fingerprint density at radius 1 is 1.33 bits per heavy atom. The van der Waals surface area contributed by atoms with Crippen molar-refractivity contribution < 1.29 is 14.2 Å². The largest absolute Gasteiger partial charge is 0.389 e. The van der Waals surface area contributed by atoms with Crippen molar-refractivity contribution in [3.63, 3.8) is 0 Å². The van der Waals surface area contributed by atoms with Gasteiger partial charge in [-0.3, -0.25) is 4.90 Å². The summed E-state index contributed by atoms with van der Waals surface area (Å²) < 4.78 is 21.1. The number of hydrogen-bond donors (Lipinski definition) is 1. The minimum atomic E-state index is -0.504. The minimum absolute atomic E-state index is 0.0634. The maximum atomic E-state index is 13.9. The second-order valence-corrected chi connectivity index (χ2v) is 6.35. The Kier molecular flexibility index (Phi) is 4.99. The fourth-order valence-corrected chi connectivity index (χ4v) is 3.32. The van der Waals surface area contributed by atoms with Crippen molar-refractivity contribution >= 4 is 0 Å². The minimum Gasteiger partial charge on any atom is -0.389 e. The molecule has 6 heteroatoms. The van der Waals surface area contributed by atoms with Crippen LogP contribution < -0.4 is 0 Å². The van der Waals surface area contributed by atoms with Crippen LogP contribution in [0.3, 0.4) is 0 Å². The Hall–Kier alpha value is -1.76. The van der Waals surface area contributed by atoms with Gasteiger partial charge in [-0.1, -0.05) is 6.92 Å². The molecule has 1 aliphatic heterocycles. The molecular formula is C18H24FN3O2. The van der Waals surface area contributed by atoms with Gasteiger partial charge in [0.1, 0.15) is 5.82 Å². The zero-order chi connectivity index (χ0) is 17.3. The third-order valence-corrected chi connectivity index (χ3v) is 4.55. The molecule has 130 valence electrons. The lowest BCUT2D eigenvalue weighted by atomic mass is 10.1. The van der Waals surface area contributed by atoms with E-state index in [2.05, 4.69) is 10.00 Å². The molecule has 1 N–H and O–H groups in total. The molecule has 2 aromatic rings. The lowest BCUT2D eigenvalue weighted by Gasteiger charge is -2.29. The molecule has 1 aliphatic rings. The molecule has 2 atom stereocenters. The van der Waals surface area contributed by atoms with Gasteiger partial charge in [0.15, 0.2) is 0 Å². The second-order valence-electron chi connectivity index (χ2n) is 6.35. The summed E-state index contributed by atoms with van der Waals surface area (Å²) in [4.78, 5) is 2.13. The fourth-order valence-electron chi connectivity index (χ4n) is 3.32. The van der Waals surface area contributed by atoms with Crippen LogP contribution in [0.15, 0.2) is 24.3 Å². The molecular weight excluding hydrogens is 309 g/mol. The van der Waals surface area contributed by atoms with Crippen molar-refractivity contribution in [1.82, 2.24) is 14.7 Å². The quantitative estimate of drug-likeness (QED) is 0.911. The number of nitrogens with zero attached hydrogens (tertiary/aromatic N) is 3. The summed E-state index contributed by atoms with van der Waals surface area (Å²) in [6.45, 7) is 8.10. The third kappa shape index (κ3) is 3.36. The molecule has 2 unspecified atom stereocenters. The number of hydrogen-bond acceptors (Lipinski definition) is 4. The molecule has 1 saturated heterocycles. The van der Waals surface area contributed by atoms with Crippen molar-refractivity contribution in [2.24, 2.45) is 0 Å². The number of rotatable bonds is 5. The maximum Gasteiger partial charge on any atom is 0.123 e. The van der Waals surface area contributed by atoms with Gasteiger partial charge in [-0.2, -0.15) is 5.10 Å². The first kappa shape index (κ1) is 17.1. The third-order valence-electron chi connectivity index (χ3n) is 4.55. The highest BCUT2D eigenvalue weighted by atomic mass is 19.1. The standard InChI is InChI=1S/C18H24FN3O2/c1-4-21(17-10-24-11-18(17)23)9-14-8-15(19)5-6-16(14)22-13(3)7-12(2)20-22/h5-8,17-18,23H,4,9-11H2,1-3H3. The molecule has 5 nitrogen and oxygen atoms in total. The van der Waals surface area contributed by atoms with Crippen LogP contribution in [0.25, 0.3) is 5.69 Å². The monoisotopic (exact) mass is 333 g/mol. The highest BCUT2D eigenvalue weighted by Crippen LogP contribution is 2.23. The first-order valence-electron chi connectivity index (χ1n) is 8.31. The average Bonchev–Trinajstić information content (AvgIpc) is 3.10. The molecule has 0 aliphatic carbocycles. The number of aryl methyl sites for hydroxylation is 2. The van der Waals surface area contributed by atoms with Gasteiger partial charge in [-0.05, 0) is 50.2 Å². The lowest BCUT2D eigenvalue weighted by Crippen LogP contribution is -2.42. The van der Waals surface area contributed by atoms with E-state index in [1.807, 2.05) is 31.5 Å². The molecule has 0 bridgehead atoms. The normalized spacial score (nSPS) is 20.9. The van der Waals surface area contributed by atoms with Crippen molar-refractivity contribution in [3.8, 4) is 5.69 Å². The van der Waals surface area contributed by atoms with Crippen molar-refractivity contribution in [1.29, 1.82) is 0 Å². The van der Waals surface area contributed by atoms with Crippen molar-refractivity contribution in [2.75, 3.05) is 19.8 Å². The lowest BCUT2D eigenvalue weighted by molar-refractivity contribution is 0.0807. The van der Waals surface area contributed by atoms with E-state index in [1.165, 1.54) is 6.07 Å². The molecule has 24 heavy (non-hydrogen) atoms. The summed E-state index contributed by atoms with van der Waals surface area (Å²) in [6.07, 6.45) is -0.504. The molecule has 0 radical (unpaired) electrons. The van der Waals surface area contributed by atoms with Gasteiger partial charge in [0.2, 0.25) is 0 Å². The van der Waals surface area contributed by atoms with Crippen LogP contribution in [0.5, 0.6) is 0 Å². The summed E-state index contributed by atoms with van der Waals surface area (Å²) in [5, 5.41) is 14.6. The van der Waals surface area contributed by atoms with E-state index in [4.69, 9.17) is 4.74 Å². The topological polar surface area (TPSA) is 50.5 Å². The Bertz CT molecular complexity index is 716. The number of aliphatic hydroxyl groups is 1. The zero-order valence-corrected chi connectivity index (χ0v) is 14.4. The number of aromatic nitrogens is 2. The second kappa shape index (κ2) is 7.01. The van der Waals surface area contributed by atoms with E-state index in [0.717, 1.165) is 29.2 Å². The van der Waals surface area contributed by atoms with E-state index in [1.54, 1.807) is 12.1 Å². The molecule has 0 spiro atoms. The van der Waals surface area contributed by atoms with Gasteiger partial charge in [-0.15, -0.1) is 0 Å². The number of benzene rings is 1. The molecule has 3 rings (SSSR count). The Balaban J connectivity index is 1.94. The van der Waals surface area contributed by atoms with E-state index < -0.39 is 6.10 Å². The number of ether oxygens (including phenoxy) is 1. The average molecular weight is 333 g/mol. The smallest absolute Gasteiger partial charge is 0.123 e. The van der Waals surface area contributed by atoms with Crippen molar-refractivity contribution in [3.05, 3.63) is 47.0 Å². The molecule has 2 heterocycles. The highest BCUT2D eigenvalue weighted by Gasteiger charge is 2.31. The van der Waals surface area contributed by atoms with E-state index in [0.29, 0.717) is 19.8 Å². The molecule has 0 amide bonds. The van der Waals surface area contributed by atoms with E-state index in [-0.39, 0.29) is 11.9 Å². The maximum absolute atomic E-state index is 13.9. The van der Waals surface area contributed by atoms with Gasteiger partial charge in [0, 0.05) is 12.2 Å². The summed E-state index contributed by atoms with van der Waals surface area (Å²) in [5.41, 5.74) is 3.65. The molecule has 1 aromatic carbocycles. The van der Waals surface area contributed by atoms with Crippen LogP contribution in [-0.4, -0.2) is 51.7 Å². The van der Waals surface area contributed by atoms with Crippen LogP contribution in [0.2, 0.25) is 0 Å². The summed E-state index contributed by atoms with van der Waals surface area (Å²) >= 11 is 0. The number of aliphatic hydroxyl groups excluding tert-OH is 1. The molecule has 1 aromatic heterocycles. The SMILES string of the molecule is CCN(Cc1cc(F)ccc1-n1nc(C)cc1C)C1COCC1O. The predicted molar refractivity (Wildman–Crippen MR) is 89.7 cm³/mol. The Morgan fingerprint density at radius 2 is 2.12 bits per heavy atom. The summed E-state index contributed by atoms with van der Waals surface area (Å²) in [5.74, 6) is -0.269. The predicted octanol–water partition coefficient (Wildman–Crippen LogP) is 2.21. The van der Waals surface area contributed by atoms with Crippen LogP contribution >= 0.6 is 0 Å². The van der Waals surface area contributed by atoms with E-state index in [9.17, 15) is 9.50 Å². The highest BCUT2D eigenvalue weighted by molar-refractivity contribution is 5.42. The van der Waals surface area contributed by atoms with Gasteiger partial charge in [0.05, 0.1) is 36.7 Å². The molecule has 1 fully saturated rings. The summed E-state index contributed by atoms with van der Waals surface area (Å²) in [7, 11) is 0. The van der Waals surface area contributed by atoms with Crippen LogP contribution in [0.4, 0.5) is 4.39 Å². The van der Waals surface area contributed by atoms with Crippen LogP contribution in [0, 0.1) is 19.7 Å². The van der Waals surface area contributed by atoms with Gasteiger partial charge in [0.25, 0.3) is 0 Å². The summed E-state index contributed by atoms with van der Waals surface area (Å²) in [6, 6.07) is 6.71. The first-order valence-corrected chi connectivity index (χ1v) is 8.31. The Morgan fingerprint density at radius 3 is 2.71 bits per heavy atom. The molecule has 0 saturated carbocycles. The number of likely N-dealkylation sites (N-methyl/N-ethyl adjacent to an activating group) is 1. The van der Waals surface area contributed by atoms with Gasteiger partial charge < -0.3 is 9.84 Å². The van der Waals surface area contributed by atoms with Gasteiger partial charge in [-0.25, -0.2) is 9.07 Å². The van der Waals surface area contributed by atoms with Crippen molar-refractivity contribution in [2.45, 2.75) is 39.5 Å². The number of halogens is 1. The van der Waals surface area contributed by atoms with Gasteiger partial charge >= 0.3 is 0 Å². The van der Waals surface area contributed by atoms with Crippen LogP contribution in [0.1, 0.15) is 23.9 Å². The van der Waals surface area contributed by atoms with Crippen LogP contribution in [-0.2, 0) is 11.3 Å². The first-order chi connectivity index (χ1) is 11.5. The Labute approximate surface area is 141 Å².